The van der Waals surface area contributed by atoms with E-state index in [0.29, 0.717) is 5.95 Å². The van der Waals surface area contributed by atoms with Crippen LogP contribution in [0.1, 0.15) is 5.56 Å². The zero-order valence-corrected chi connectivity index (χ0v) is 15.4. The van der Waals surface area contributed by atoms with Gasteiger partial charge >= 0.3 is 10.1 Å². The summed E-state index contributed by atoms with van der Waals surface area (Å²) in [6.45, 7) is 0. The predicted octanol–water partition coefficient (Wildman–Crippen LogP) is 3.78. The SMILES string of the molecule is O=S(=O)(Oc1ccc(/C=N\Nc2nc3ccccc3[nH]2)cc1)c1ccccc1. The lowest BCUT2D eigenvalue weighted by Crippen LogP contribution is -2.09. The lowest BCUT2D eigenvalue weighted by molar-refractivity contribution is 0.486. The van der Waals surface area contributed by atoms with Crippen molar-refractivity contribution >= 4 is 33.3 Å². The van der Waals surface area contributed by atoms with E-state index in [9.17, 15) is 8.42 Å². The summed E-state index contributed by atoms with van der Waals surface area (Å²) in [4.78, 5) is 7.58. The van der Waals surface area contributed by atoms with Gasteiger partial charge in [0.2, 0.25) is 5.95 Å². The first-order chi connectivity index (χ1) is 13.6. The molecule has 0 radical (unpaired) electrons. The number of imidazole rings is 1. The van der Waals surface area contributed by atoms with Crippen LogP contribution < -0.4 is 9.61 Å². The summed E-state index contributed by atoms with van der Waals surface area (Å²) in [5.41, 5.74) is 5.37. The minimum absolute atomic E-state index is 0.107. The van der Waals surface area contributed by atoms with Crippen molar-refractivity contribution in [2.24, 2.45) is 5.10 Å². The average molecular weight is 392 g/mol. The number of nitrogens with one attached hydrogen (secondary N) is 2. The zero-order chi connectivity index (χ0) is 19.4. The third-order valence-electron chi connectivity index (χ3n) is 3.89. The van der Waals surface area contributed by atoms with Crippen molar-refractivity contribution in [3.63, 3.8) is 0 Å². The maximum Gasteiger partial charge on any atom is 0.339 e. The number of fused-ring (bicyclic) bond motifs is 1. The van der Waals surface area contributed by atoms with Gasteiger partial charge in [-0.05, 0) is 54.1 Å². The number of aromatic amines is 1. The molecule has 3 aromatic carbocycles. The molecule has 0 spiro atoms. The summed E-state index contributed by atoms with van der Waals surface area (Å²) >= 11 is 0. The highest BCUT2D eigenvalue weighted by Gasteiger charge is 2.15. The van der Waals surface area contributed by atoms with E-state index in [1.807, 2.05) is 24.3 Å². The zero-order valence-electron chi connectivity index (χ0n) is 14.6. The van der Waals surface area contributed by atoms with Crippen molar-refractivity contribution in [2.45, 2.75) is 4.90 Å². The monoisotopic (exact) mass is 392 g/mol. The van der Waals surface area contributed by atoms with Crippen molar-refractivity contribution < 1.29 is 12.6 Å². The first kappa shape index (κ1) is 17.7. The van der Waals surface area contributed by atoms with Gasteiger partial charge in [-0.1, -0.05) is 30.3 Å². The summed E-state index contributed by atoms with van der Waals surface area (Å²) < 4.78 is 29.6. The second kappa shape index (κ2) is 7.53. The second-order valence-electron chi connectivity index (χ2n) is 5.89. The summed E-state index contributed by atoms with van der Waals surface area (Å²) in [5.74, 6) is 0.762. The summed E-state index contributed by atoms with van der Waals surface area (Å²) in [7, 11) is -3.85. The van der Waals surface area contributed by atoms with Crippen LogP contribution in [-0.4, -0.2) is 24.6 Å². The fraction of sp³-hybridized carbons (Fsp3) is 0. The minimum Gasteiger partial charge on any atom is -0.379 e. The molecular weight excluding hydrogens is 376 g/mol. The number of aromatic nitrogens is 2. The number of nitrogens with zero attached hydrogens (tertiary/aromatic N) is 2. The van der Waals surface area contributed by atoms with Crippen molar-refractivity contribution in [2.75, 3.05) is 5.43 Å². The van der Waals surface area contributed by atoms with E-state index < -0.39 is 10.1 Å². The van der Waals surface area contributed by atoms with Gasteiger partial charge in [0.05, 0.1) is 17.2 Å². The quantitative estimate of drug-likeness (QED) is 0.296. The number of benzene rings is 3. The van der Waals surface area contributed by atoms with E-state index in [0.717, 1.165) is 16.6 Å². The van der Waals surface area contributed by atoms with E-state index in [2.05, 4.69) is 20.5 Å². The first-order valence-electron chi connectivity index (χ1n) is 8.44. The molecular formula is C20H16N4O3S. The number of rotatable bonds is 6. The molecule has 28 heavy (non-hydrogen) atoms. The molecule has 0 aliphatic rings. The van der Waals surface area contributed by atoms with E-state index in [4.69, 9.17) is 4.18 Å². The highest BCUT2D eigenvalue weighted by molar-refractivity contribution is 7.87. The Morgan fingerprint density at radius 1 is 0.929 bits per heavy atom. The van der Waals surface area contributed by atoms with Gasteiger partial charge in [-0.2, -0.15) is 13.5 Å². The molecule has 4 rings (SSSR count). The Balaban J connectivity index is 1.41. The molecule has 1 aromatic heterocycles. The lowest BCUT2D eigenvalue weighted by atomic mass is 10.2. The highest BCUT2D eigenvalue weighted by Crippen LogP contribution is 2.19. The Morgan fingerprint density at radius 3 is 2.39 bits per heavy atom. The van der Waals surface area contributed by atoms with E-state index in [1.54, 1.807) is 48.7 Å². The molecule has 0 aliphatic carbocycles. The Labute approximate surface area is 161 Å². The van der Waals surface area contributed by atoms with Crippen LogP contribution in [0.2, 0.25) is 0 Å². The van der Waals surface area contributed by atoms with Crippen LogP contribution in [0.5, 0.6) is 5.75 Å². The molecule has 0 saturated carbocycles. The number of para-hydroxylation sites is 2. The fourth-order valence-electron chi connectivity index (χ4n) is 2.55. The summed E-state index contributed by atoms with van der Waals surface area (Å²) in [5, 5.41) is 4.13. The van der Waals surface area contributed by atoms with Gasteiger partial charge in [0.1, 0.15) is 10.6 Å². The second-order valence-corrected chi connectivity index (χ2v) is 7.44. The maximum absolute atomic E-state index is 12.2. The number of hydrogen-bond acceptors (Lipinski definition) is 6. The summed E-state index contributed by atoms with van der Waals surface area (Å²) in [6, 6.07) is 22.2. The van der Waals surface area contributed by atoms with Gasteiger partial charge < -0.3 is 9.17 Å². The maximum atomic E-state index is 12.2. The van der Waals surface area contributed by atoms with Gasteiger partial charge in [0.15, 0.2) is 0 Å². The standard InChI is InChI=1S/C20H16N4O3S/c25-28(26,17-6-2-1-3-7-17)27-16-12-10-15(11-13-16)14-21-24-20-22-18-8-4-5-9-19(18)23-20/h1-14H,(H2,22,23,24)/b21-14-. The Bertz CT molecular complexity index is 1180. The first-order valence-corrected chi connectivity index (χ1v) is 9.84. The Hall–Kier alpha value is -3.65. The van der Waals surface area contributed by atoms with Gasteiger partial charge in [-0.15, -0.1) is 0 Å². The van der Waals surface area contributed by atoms with Gasteiger partial charge in [0, 0.05) is 0 Å². The minimum atomic E-state index is -3.85. The van der Waals surface area contributed by atoms with E-state index in [1.165, 1.54) is 12.1 Å². The molecule has 0 amide bonds. The third kappa shape index (κ3) is 4.02. The number of hydrazone groups is 1. The van der Waals surface area contributed by atoms with Crippen molar-refractivity contribution in [3.8, 4) is 5.75 Å². The van der Waals surface area contributed by atoms with Crippen molar-refractivity contribution in [1.29, 1.82) is 0 Å². The van der Waals surface area contributed by atoms with Gasteiger partial charge in [-0.25, -0.2) is 10.4 Å². The van der Waals surface area contributed by atoms with Crippen LogP contribution in [0.15, 0.2) is 88.9 Å². The van der Waals surface area contributed by atoms with Crippen molar-refractivity contribution in [3.05, 3.63) is 84.4 Å². The Morgan fingerprint density at radius 2 is 1.64 bits per heavy atom. The van der Waals surface area contributed by atoms with Crippen LogP contribution in [0.25, 0.3) is 11.0 Å². The molecule has 0 aliphatic heterocycles. The predicted molar refractivity (Wildman–Crippen MR) is 108 cm³/mol. The van der Waals surface area contributed by atoms with E-state index >= 15 is 0 Å². The fourth-order valence-corrected chi connectivity index (χ4v) is 3.50. The molecule has 140 valence electrons. The van der Waals surface area contributed by atoms with Crippen LogP contribution >= 0.6 is 0 Å². The molecule has 0 fully saturated rings. The highest BCUT2D eigenvalue weighted by atomic mass is 32.2. The molecule has 2 N–H and O–H groups in total. The number of H-pyrrole nitrogens is 1. The van der Waals surface area contributed by atoms with Crippen LogP contribution in [0.4, 0.5) is 5.95 Å². The summed E-state index contributed by atoms with van der Waals surface area (Å²) in [6.07, 6.45) is 1.60. The molecule has 8 heteroatoms. The lowest BCUT2D eigenvalue weighted by Gasteiger charge is -2.06. The average Bonchev–Trinajstić information content (AvgIpc) is 3.13. The molecule has 4 aromatic rings. The Kier molecular flexibility index (Phi) is 4.77. The molecule has 0 saturated heterocycles. The van der Waals surface area contributed by atoms with Crippen LogP contribution in [0, 0.1) is 0 Å². The van der Waals surface area contributed by atoms with Gasteiger partial charge in [0.25, 0.3) is 0 Å². The third-order valence-corrected chi connectivity index (χ3v) is 5.15. The molecule has 1 heterocycles. The molecule has 0 unspecified atom stereocenters. The largest absolute Gasteiger partial charge is 0.379 e. The van der Waals surface area contributed by atoms with Crippen LogP contribution in [-0.2, 0) is 10.1 Å². The molecule has 7 nitrogen and oxygen atoms in total. The van der Waals surface area contributed by atoms with Crippen molar-refractivity contribution in [1.82, 2.24) is 9.97 Å². The smallest absolute Gasteiger partial charge is 0.339 e. The number of anilines is 1. The normalized spacial score (nSPS) is 11.7. The van der Waals surface area contributed by atoms with E-state index in [-0.39, 0.29) is 10.6 Å². The van der Waals surface area contributed by atoms with Crippen LogP contribution in [0.3, 0.4) is 0 Å². The number of hydrogen-bond donors (Lipinski definition) is 2. The molecule has 0 atom stereocenters. The molecule has 0 bridgehead atoms. The van der Waals surface area contributed by atoms with Gasteiger partial charge in [-0.3, -0.25) is 0 Å². The topological polar surface area (TPSA) is 96.4 Å².